The smallest absolute Gasteiger partial charge is 0.0893 e. The van der Waals surface area contributed by atoms with E-state index in [9.17, 15) is 0 Å². The second-order valence-corrected chi connectivity index (χ2v) is 3.16. The second kappa shape index (κ2) is 7.54. The van der Waals surface area contributed by atoms with Crippen LogP contribution in [0.1, 0.15) is 12.6 Å². The predicted octanol–water partition coefficient (Wildman–Crippen LogP) is 2.76. The van der Waals surface area contributed by atoms with Gasteiger partial charge in [-0.15, -0.1) is 0 Å². The van der Waals surface area contributed by atoms with Crippen LogP contribution < -0.4 is 0 Å². The number of aromatic nitrogens is 1. The summed E-state index contributed by atoms with van der Waals surface area (Å²) in [6.07, 6.45) is 7.48. The van der Waals surface area contributed by atoms with Gasteiger partial charge in [0.1, 0.15) is 0 Å². The number of aliphatic imine (C=N–C) groups is 1. The van der Waals surface area contributed by atoms with Crippen LogP contribution in [0.25, 0.3) is 0 Å². The van der Waals surface area contributed by atoms with Gasteiger partial charge in [-0.3, -0.25) is 9.98 Å². The number of hydrogen-bond acceptors (Lipinski definition) is 3. The fourth-order valence-electron chi connectivity index (χ4n) is 1.10. The minimum Gasteiger partial charge on any atom is -0.369 e. The molecule has 0 bridgehead atoms. The molecule has 1 aromatic rings. The Morgan fingerprint density at radius 3 is 3.06 bits per heavy atom. The Kier molecular flexibility index (Phi) is 5.81. The van der Waals surface area contributed by atoms with Gasteiger partial charge in [0, 0.05) is 6.20 Å². The van der Waals surface area contributed by atoms with Crippen molar-refractivity contribution in [3.63, 3.8) is 0 Å². The topological polar surface area (TPSA) is 34.5 Å². The molecule has 0 aliphatic heterocycles. The number of allylic oxidation sites excluding steroid dienone is 3. The summed E-state index contributed by atoms with van der Waals surface area (Å²) in [4.78, 5) is 8.03. The molecule has 0 N–H and O–H groups in total. The van der Waals surface area contributed by atoms with Crippen molar-refractivity contribution in [1.29, 1.82) is 0 Å². The lowest BCUT2D eigenvalue weighted by Gasteiger charge is -2.03. The second-order valence-electron chi connectivity index (χ2n) is 3.16. The maximum absolute atomic E-state index is 5.47. The number of hydrogen-bond donors (Lipinski definition) is 0. The van der Waals surface area contributed by atoms with Gasteiger partial charge in [0.2, 0.25) is 0 Å². The molecular formula is C13H16N2O. The number of nitrogens with zero attached hydrogens (tertiary/aromatic N) is 2. The van der Waals surface area contributed by atoms with Crippen molar-refractivity contribution in [3.8, 4) is 0 Å². The van der Waals surface area contributed by atoms with E-state index >= 15 is 0 Å². The molecule has 1 heterocycles. The highest BCUT2D eigenvalue weighted by Gasteiger charge is 1.95. The summed E-state index contributed by atoms with van der Waals surface area (Å²) < 4.78 is 5.47. The van der Waals surface area contributed by atoms with Crippen molar-refractivity contribution in [2.75, 3.05) is 6.61 Å². The molecular weight excluding hydrogens is 200 g/mol. The Labute approximate surface area is 96.2 Å². The first kappa shape index (κ1) is 12.3. The number of rotatable bonds is 6. The summed E-state index contributed by atoms with van der Waals surface area (Å²) in [6, 6.07) is 5.75. The zero-order chi connectivity index (χ0) is 11.6. The van der Waals surface area contributed by atoms with E-state index in [1.165, 1.54) is 0 Å². The Balaban J connectivity index is 2.37. The average Bonchev–Trinajstić information content (AvgIpc) is 2.35. The summed E-state index contributed by atoms with van der Waals surface area (Å²) in [5.41, 5.74) is 1.73. The highest BCUT2D eigenvalue weighted by atomic mass is 16.5. The van der Waals surface area contributed by atoms with Crippen LogP contribution in [0.3, 0.4) is 0 Å². The van der Waals surface area contributed by atoms with Crippen LogP contribution in [0.15, 0.2) is 53.3 Å². The Bertz CT molecular complexity index is 369. The van der Waals surface area contributed by atoms with Crippen molar-refractivity contribution in [3.05, 3.63) is 54.0 Å². The van der Waals surface area contributed by atoms with Crippen molar-refractivity contribution in [2.24, 2.45) is 4.99 Å². The monoisotopic (exact) mass is 216 g/mol. The van der Waals surface area contributed by atoms with Crippen LogP contribution in [-0.4, -0.2) is 18.3 Å². The van der Waals surface area contributed by atoms with E-state index in [1.54, 1.807) is 6.20 Å². The molecule has 3 heteroatoms. The highest BCUT2D eigenvalue weighted by molar-refractivity contribution is 5.30. The van der Waals surface area contributed by atoms with Crippen LogP contribution in [-0.2, 0) is 11.3 Å². The lowest BCUT2D eigenvalue weighted by molar-refractivity contribution is 0.139. The third-order valence-electron chi connectivity index (χ3n) is 1.91. The lowest BCUT2D eigenvalue weighted by Crippen LogP contribution is -1.98. The molecule has 0 aromatic carbocycles. The van der Waals surface area contributed by atoms with Gasteiger partial charge in [-0.1, -0.05) is 18.2 Å². The van der Waals surface area contributed by atoms with Gasteiger partial charge in [0.15, 0.2) is 0 Å². The molecule has 0 atom stereocenters. The molecule has 0 aliphatic carbocycles. The lowest BCUT2D eigenvalue weighted by atomic mass is 10.3. The fraction of sp³-hybridized carbons (Fsp3) is 0.231. The SMILES string of the molecule is C=N/C(=C\C=C/C)COCc1ccccn1. The summed E-state index contributed by atoms with van der Waals surface area (Å²) in [6.45, 7) is 6.38. The number of pyridine rings is 1. The molecule has 0 saturated heterocycles. The number of ether oxygens (including phenoxy) is 1. The molecule has 1 rings (SSSR count). The largest absolute Gasteiger partial charge is 0.369 e. The van der Waals surface area contributed by atoms with E-state index in [0.717, 1.165) is 11.4 Å². The van der Waals surface area contributed by atoms with Crippen LogP contribution in [0.2, 0.25) is 0 Å². The van der Waals surface area contributed by atoms with Crippen molar-refractivity contribution in [2.45, 2.75) is 13.5 Å². The van der Waals surface area contributed by atoms with Crippen molar-refractivity contribution >= 4 is 6.72 Å². The minimum absolute atomic E-state index is 0.449. The van der Waals surface area contributed by atoms with E-state index in [0.29, 0.717) is 13.2 Å². The van der Waals surface area contributed by atoms with Gasteiger partial charge in [-0.05, 0) is 31.9 Å². The minimum atomic E-state index is 0.449. The van der Waals surface area contributed by atoms with E-state index in [4.69, 9.17) is 4.74 Å². The zero-order valence-corrected chi connectivity index (χ0v) is 9.47. The van der Waals surface area contributed by atoms with Gasteiger partial charge in [-0.2, -0.15) is 0 Å². The highest BCUT2D eigenvalue weighted by Crippen LogP contribution is 2.01. The quantitative estimate of drug-likeness (QED) is 0.541. The third kappa shape index (κ3) is 4.66. The molecule has 0 fully saturated rings. The molecule has 0 aliphatic rings. The Hall–Kier alpha value is -1.74. The molecule has 0 spiro atoms. The van der Waals surface area contributed by atoms with Gasteiger partial charge in [-0.25, -0.2) is 0 Å². The van der Waals surface area contributed by atoms with E-state index in [1.807, 2.05) is 43.4 Å². The fourth-order valence-corrected chi connectivity index (χ4v) is 1.10. The van der Waals surface area contributed by atoms with Gasteiger partial charge in [0.05, 0.1) is 24.6 Å². The van der Waals surface area contributed by atoms with Crippen LogP contribution in [0.4, 0.5) is 0 Å². The normalized spacial score (nSPS) is 11.9. The van der Waals surface area contributed by atoms with Crippen molar-refractivity contribution < 1.29 is 4.74 Å². The maximum atomic E-state index is 5.47. The molecule has 84 valence electrons. The summed E-state index contributed by atoms with van der Waals surface area (Å²) in [5.74, 6) is 0. The Morgan fingerprint density at radius 1 is 1.56 bits per heavy atom. The molecule has 0 unspecified atom stereocenters. The van der Waals surface area contributed by atoms with Gasteiger partial charge >= 0.3 is 0 Å². The molecule has 16 heavy (non-hydrogen) atoms. The first-order valence-corrected chi connectivity index (χ1v) is 5.13. The maximum Gasteiger partial charge on any atom is 0.0893 e. The van der Waals surface area contributed by atoms with Crippen LogP contribution in [0.5, 0.6) is 0 Å². The van der Waals surface area contributed by atoms with Gasteiger partial charge in [0.25, 0.3) is 0 Å². The molecule has 0 amide bonds. The van der Waals surface area contributed by atoms with Gasteiger partial charge < -0.3 is 4.74 Å². The molecule has 0 radical (unpaired) electrons. The third-order valence-corrected chi connectivity index (χ3v) is 1.91. The first-order valence-electron chi connectivity index (χ1n) is 5.13. The van der Waals surface area contributed by atoms with E-state index < -0.39 is 0 Å². The van der Waals surface area contributed by atoms with E-state index in [2.05, 4.69) is 16.7 Å². The Morgan fingerprint density at radius 2 is 2.44 bits per heavy atom. The summed E-state index contributed by atoms with van der Waals surface area (Å²) >= 11 is 0. The van der Waals surface area contributed by atoms with Crippen LogP contribution in [0, 0.1) is 0 Å². The summed E-state index contributed by atoms with van der Waals surface area (Å²) in [7, 11) is 0. The molecule has 0 saturated carbocycles. The summed E-state index contributed by atoms with van der Waals surface area (Å²) in [5, 5.41) is 0. The average molecular weight is 216 g/mol. The van der Waals surface area contributed by atoms with E-state index in [-0.39, 0.29) is 0 Å². The molecule has 3 nitrogen and oxygen atoms in total. The zero-order valence-electron chi connectivity index (χ0n) is 9.47. The molecule has 1 aromatic heterocycles. The predicted molar refractivity (Wildman–Crippen MR) is 66.3 cm³/mol. The first-order chi connectivity index (χ1) is 7.86. The standard InChI is InChI=1S/C13H16N2O/c1-3-4-7-12(14-2)10-16-11-13-8-5-6-9-15-13/h3-9H,2,10-11H2,1H3/b4-3-,12-7-. The van der Waals surface area contributed by atoms with Crippen LogP contribution >= 0.6 is 0 Å². The van der Waals surface area contributed by atoms with Crippen molar-refractivity contribution in [1.82, 2.24) is 4.98 Å².